The number of thioether (sulfide) groups is 8. The third-order valence-corrected chi connectivity index (χ3v) is 16.1. The zero-order valence-corrected chi connectivity index (χ0v) is 19.3. The molecule has 0 aromatic carbocycles. The zero-order valence-electron chi connectivity index (χ0n) is 12.8. The summed E-state index contributed by atoms with van der Waals surface area (Å²) in [5, 5.41) is 0. The Labute approximate surface area is 176 Å². The van der Waals surface area contributed by atoms with Gasteiger partial charge in [0.05, 0.1) is 37.6 Å². The van der Waals surface area contributed by atoms with Gasteiger partial charge in [-0.15, -0.1) is 23.5 Å². The van der Waals surface area contributed by atoms with Crippen LogP contribution in [0.25, 0.3) is 0 Å². The van der Waals surface area contributed by atoms with E-state index in [-0.39, 0.29) is 18.5 Å². The molecule has 3 atom stereocenters. The van der Waals surface area contributed by atoms with Gasteiger partial charge in [0.1, 0.15) is 4.58 Å². The van der Waals surface area contributed by atoms with E-state index in [0.29, 0.717) is 4.58 Å². The number of hydrogen-bond donors (Lipinski definition) is 0. The maximum absolute atomic E-state index is 5.97. The summed E-state index contributed by atoms with van der Waals surface area (Å²) >= 11 is 15.8. The number of rotatable bonds is 1. The van der Waals surface area contributed by atoms with Crippen LogP contribution in [-0.4, -0.2) is 34.6 Å². The van der Waals surface area contributed by atoms with E-state index in [1.165, 1.54) is 36.9 Å². The van der Waals surface area contributed by atoms with Crippen LogP contribution in [0.15, 0.2) is 25.4 Å². The molecule has 0 amide bonds. The Bertz CT molecular complexity index is 622. The van der Waals surface area contributed by atoms with Crippen molar-refractivity contribution in [3.63, 3.8) is 0 Å². The summed E-state index contributed by atoms with van der Waals surface area (Å²) in [5.74, 6) is 2.50. The second-order valence-electron chi connectivity index (χ2n) is 5.48. The molecule has 0 saturated carbocycles. The Morgan fingerprint density at radius 2 is 1.12 bits per heavy atom. The standard InChI is InChI=1S/C14H14O2S8/c1-5-6(2)16-7(15-5)8-19-11-12(20-8)24-14(23-11)13-21-9-10(22-13)18-4-3-17-9/h5-8H,3-4H2,1-2H3/t5-,6+,7?. The second-order valence-corrected chi connectivity index (χ2v) is 15.9. The predicted molar refractivity (Wildman–Crippen MR) is 120 cm³/mol. The molecule has 0 aliphatic carbocycles. The molecule has 5 aliphatic rings. The van der Waals surface area contributed by atoms with Crippen molar-refractivity contribution >= 4 is 94.1 Å². The fourth-order valence-corrected chi connectivity index (χ4v) is 15.5. The van der Waals surface area contributed by atoms with Gasteiger partial charge in [0, 0.05) is 11.5 Å². The smallest absolute Gasteiger partial charge is 0.180 e. The minimum Gasteiger partial charge on any atom is -0.345 e. The van der Waals surface area contributed by atoms with Crippen molar-refractivity contribution in [1.82, 2.24) is 0 Å². The molecule has 2 nitrogen and oxygen atoms in total. The van der Waals surface area contributed by atoms with Crippen LogP contribution in [-0.2, 0) is 9.47 Å². The minimum atomic E-state index is -0.0788. The molecule has 0 bridgehead atoms. The fraction of sp³-hybridized carbons (Fsp3) is 0.571. The van der Waals surface area contributed by atoms with Crippen LogP contribution in [0.5, 0.6) is 0 Å². The van der Waals surface area contributed by atoms with Crippen molar-refractivity contribution in [3.8, 4) is 0 Å². The van der Waals surface area contributed by atoms with Crippen LogP contribution in [0.1, 0.15) is 13.8 Å². The van der Waals surface area contributed by atoms with E-state index in [1.807, 2.05) is 94.1 Å². The molecule has 130 valence electrons. The van der Waals surface area contributed by atoms with Crippen LogP contribution >= 0.6 is 94.1 Å². The predicted octanol–water partition coefficient (Wildman–Crippen LogP) is 6.76. The van der Waals surface area contributed by atoms with Gasteiger partial charge in [-0.1, -0.05) is 70.6 Å². The molecule has 0 spiro atoms. The van der Waals surface area contributed by atoms with E-state index in [0.717, 1.165) is 0 Å². The molecule has 1 fully saturated rings. The van der Waals surface area contributed by atoms with E-state index in [9.17, 15) is 0 Å². The first-order valence-corrected chi connectivity index (χ1v) is 14.5. The topological polar surface area (TPSA) is 18.5 Å². The molecule has 1 saturated heterocycles. The van der Waals surface area contributed by atoms with Crippen LogP contribution in [0.3, 0.4) is 0 Å². The van der Waals surface area contributed by atoms with Crippen LogP contribution in [0, 0.1) is 0 Å². The summed E-state index contributed by atoms with van der Waals surface area (Å²) in [6.45, 7) is 4.20. The van der Waals surface area contributed by atoms with Crippen molar-refractivity contribution in [3.05, 3.63) is 25.4 Å². The van der Waals surface area contributed by atoms with Gasteiger partial charge in [0.25, 0.3) is 0 Å². The van der Waals surface area contributed by atoms with E-state index in [2.05, 4.69) is 13.8 Å². The Morgan fingerprint density at radius 1 is 0.667 bits per heavy atom. The Balaban J connectivity index is 1.23. The fourth-order valence-electron chi connectivity index (χ4n) is 2.45. The highest BCUT2D eigenvalue weighted by Gasteiger charge is 2.44. The highest BCUT2D eigenvalue weighted by atomic mass is 32.3. The maximum Gasteiger partial charge on any atom is 0.180 e. The first-order valence-electron chi connectivity index (χ1n) is 7.51. The van der Waals surface area contributed by atoms with Gasteiger partial charge in [-0.3, -0.25) is 0 Å². The molecule has 0 N–H and O–H groups in total. The van der Waals surface area contributed by atoms with E-state index in [1.54, 1.807) is 0 Å². The lowest BCUT2D eigenvalue weighted by Crippen LogP contribution is -2.20. The molecule has 24 heavy (non-hydrogen) atoms. The number of hydrogen-bond acceptors (Lipinski definition) is 10. The Hall–Kier alpha value is 1.94. The number of ether oxygens (including phenoxy) is 2. The Kier molecular flexibility index (Phi) is 5.55. The lowest BCUT2D eigenvalue weighted by Gasteiger charge is -2.17. The lowest BCUT2D eigenvalue weighted by molar-refractivity contribution is -0.0486. The van der Waals surface area contributed by atoms with E-state index in [4.69, 9.17) is 9.47 Å². The summed E-state index contributed by atoms with van der Waals surface area (Å²) in [5.41, 5.74) is 0. The van der Waals surface area contributed by atoms with Crippen molar-refractivity contribution in [2.45, 2.75) is 36.9 Å². The van der Waals surface area contributed by atoms with Crippen LogP contribution in [0.4, 0.5) is 0 Å². The summed E-state index contributed by atoms with van der Waals surface area (Å²) in [4.78, 5) is 0. The van der Waals surface area contributed by atoms with Gasteiger partial charge in [-0.05, 0) is 13.8 Å². The van der Waals surface area contributed by atoms with Gasteiger partial charge in [-0.2, -0.15) is 0 Å². The van der Waals surface area contributed by atoms with E-state index < -0.39 is 0 Å². The van der Waals surface area contributed by atoms with Crippen LogP contribution < -0.4 is 0 Å². The van der Waals surface area contributed by atoms with E-state index >= 15 is 0 Å². The zero-order chi connectivity index (χ0) is 16.3. The highest BCUT2D eigenvalue weighted by Crippen LogP contribution is 2.70. The SMILES string of the molecule is C[C@@H]1OC(C2SC3=C(SC(=C4SC5=C(SCCS5)S4)S3)S2)O[C@@H]1C. The first kappa shape index (κ1) is 18.0. The van der Waals surface area contributed by atoms with Gasteiger partial charge in [-0.25, -0.2) is 0 Å². The third-order valence-electron chi connectivity index (χ3n) is 3.82. The quantitative estimate of drug-likeness (QED) is 0.407. The average molecular weight is 471 g/mol. The third kappa shape index (κ3) is 3.39. The van der Waals surface area contributed by atoms with Crippen LogP contribution in [0.2, 0.25) is 0 Å². The normalized spacial score (nSPS) is 37.0. The summed E-state index contributed by atoms with van der Waals surface area (Å²) < 4.78 is 21.2. The molecule has 10 heteroatoms. The molecule has 5 rings (SSSR count). The molecule has 1 unspecified atom stereocenters. The molecular weight excluding hydrogens is 457 g/mol. The van der Waals surface area contributed by atoms with Gasteiger partial charge in [0.2, 0.25) is 0 Å². The van der Waals surface area contributed by atoms with Crippen molar-refractivity contribution < 1.29 is 9.47 Å². The monoisotopic (exact) mass is 470 g/mol. The summed E-state index contributed by atoms with van der Waals surface area (Å²) in [7, 11) is 0. The van der Waals surface area contributed by atoms with Crippen molar-refractivity contribution in [2.75, 3.05) is 11.5 Å². The average Bonchev–Trinajstić information content (AvgIpc) is 3.29. The summed E-state index contributed by atoms with van der Waals surface area (Å²) in [6, 6.07) is 0. The molecular formula is C14H14O2S8. The molecule has 0 radical (unpaired) electrons. The molecule has 0 aromatic heterocycles. The Morgan fingerprint density at radius 3 is 1.62 bits per heavy atom. The maximum atomic E-state index is 5.97. The molecule has 5 aliphatic heterocycles. The minimum absolute atomic E-state index is 0.0788. The summed E-state index contributed by atoms with van der Waals surface area (Å²) in [6.07, 6.45) is 0.316. The largest absolute Gasteiger partial charge is 0.345 e. The lowest BCUT2D eigenvalue weighted by atomic mass is 10.3. The second kappa shape index (κ2) is 7.40. The van der Waals surface area contributed by atoms with Gasteiger partial charge < -0.3 is 9.47 Å². The van der Waals surface area contributed by atoms with Crippen molar-refractivity contribution in [2.24, 2.45) is 0 Å². The van der Waals surface area contributed by atoms with Crippen molar-refractivity contribution in [1.29, 1.82) is 0 Å². The highest BCUT2D eigenvalue weighted by molar-refractivity contribution is 8.48. The van der Waals surface area contributed by atoms with Gasteiger partial charge >= 0.3 is 0 Å². The molecule has 0 aromatic rings. The first-order chi connectivity index (χ1) is 11.7. The molecule has 5 heterocycles. The van der Waals surface area contributed by atoms with Gasteiger partial charge in [0.15, 0.2) is 6.29 Å².